The van der Waals surface area contributed by atoms with Gasteiger partial charge in [0.2, 0.25) is 0 Å². The third-order valence-electron chi connectivity index (χ3n) is 2.68. The van der Waals surface area contributed by atoms with Crippen LogP contribution in [0.5, 0.6) is 0 Å². The first kappa shape index (κ1) is 15.9. The first-order chi connectivity index (χ1) is 10.2. The molecule has 2 rings (SSSR count). The summed E-state index contributed by atoms with van der Waals surface area (Å²) >= 11 is 8.64. The Labute approximate surface area is 137 Å². The average Bonchev–Trinajstić information content (AvgIpc) is 2.49. The minimum absolute atomic E-state index is 0.628. The molecule has 0 N–H and O–H groups in total. The zero-order valence-corrected chi connectivity index (χ0v) is 13.8. The van der Waals surface area contributed by atoms with Crippen molar-refractivity contribution < 1.29 is 0 Å². The molecule has 0 saturated heterocycles. The minimum Gasteiger partial charge on any atom is -0.103 e. The van der Waals surface area contributed by atoms with Crippen molar-refractivity contribution in [1.82, 2.24) is 0 Å². The molecule has 2 aromatic rings. The van der Waals surface area contributed by atoms with Crippen LogP contribution in [0.15, 0.2) is 58.5 Å². The van der Waals surface area contributed by atoms with Gasteiger partial charge in [-0.3, -0.25) is 0 Å². The van der Waals surface area contributed by atoms with Gasteiger partial charge >= 0.3 is 0 Å². The van der Waals surface area contributed by atoms with E-state index in [1.807, 2.05) is 24.3 Å². The molecule has 3 nitrogen and oxygen atoms in total. The summed E-state index contributed by atoms with van der Waals surface area (Å²) in [7, 11) is 0. The molecular formula is C15H13N3S3. The van der Waals surface area contributed by atoms with Gasteiger partial charge in [-0.25, -0.2) is 0 Å². The zero-order valence-electron chi connectivity index (χ0n) is 11.4. The van der Waals surface area contributed by atoms with Crippen molar-refractivity contribution in [3.05, 3.63) is 70.1 Å². The Morgan fingerprint density at radius 1 is 1.14 bits per heavy atom. The smallest absolute Gasteiger partial charge is 0.103 e. The molecule has 0 radical (unpaired) electrons. The Balaban J connectivity index is 1.86. The molecule has 21 heavy (non-hydrogen) atoms. The van der Waals surface area contributed by atoms with Crippen molar-refractivity contribution in [2.75, 3.05) is 0 Å². The molecular weight excluding hydrogens is 318 g/mol. The van der Waals surface area contributed by atoms with Crippen LogP contribution in [-0.2, 0) is 5.75 Å². The summed E-state index contributed by atoms with van der Waals surface area (Å²) in [5, 5.41) is 3.55. The van der Waals surface area contributed by atoms with Gasteiger partial charge in [0.05, 0.1) is 0 Å². The van der Waals surface area contributed by atoms with Crippen molar-refractivity contribution in [1.29, 1.82) is 0 Å². The van der Waals surface area contributed by atoms with Gasteiger partial charge in [-0.2, -0.15) is 0 Å². The number of thiocarbonyl (C=S) groups is 1. The van der Waals surface area contributed by atoms with E-state index in [0.717, 1.165) is 19.7 Å². The Morgan fingerprint density at radius 3 is 2.43 bits per heavy atom. The molecule has 6 heteroatoms. The Hall–Kier alpha value is -1.46. The highest BCUT2D eigenvalue weighted by atomic mass is 32.2. The molecule has 0 aromatic heterocycles. The van der Waals surface area contributed by atoms with Gasteiger partial charge in [0.15, 0.2) is 0 Å². The Morgan fingerprint density at radius 2 is 1.81 bits per heavy atom. The van der Waals surface area contributed by atoms with E-state index in [1.54, 1.807) is 23.5 Å². The summed E-state index contributed by atoms with van der Waals surface area (Å²) in [6, 6.07) is 15.9. The fraction of sp³-hybridized carbons (Fsp3) is 0.133. The van der Waals surface area contributed by atoms with Crippen molar-refractivity contribution >= 4 is 45.0 Å². The summed E-state index contributed by atoms with van der Waals surface area (Å²) in [5.74, 6) is 0.814. The molecule has 0 bridgehead atoms. The molecule has 0 amide bonds. The van der Waals surface area contributed by atoms with Crippen LogP contribution in [0, 0.1) is 6.92 Å². The number of hydrogen-bond donors (Lipinski definition) is 0. The monoisotopic (exact) mass is 331 g/mol. The molecule has 0 saturated carbocycles. The lowest BCUT2D eigenvalue weighted by molar-refractivity contribution is 1.38. The summed E-state index contributed by atoms with van der Waals surface area (Å²) in [5.41, 5.74) is 11.4. The largest absolute Gasteiger partial charge is 0.109 e. The van der Waals surface area contributed by atoms with Crippen LogP contribution in [0.4, 0.5) is 5.69 Å². The highest BCUT2D eigenvalue weighted by Gasteiger charge is 2.02. The molecule has 0 atom stereocenters. The predicted molar refractivity (Wildman–Crippen MR) is 96.2 cm³/mol. The Kier molecular flexibility index (Phi) is 6.14. The molecule has 0 unspecified atom stereocenters. The van der Waals surface area contributed by atoms with Crippen molar-refractivity contribution in [2.24, 2.45) is 5.11 Å². The van der Waals surface area contributed by atoms with E-state index in [2.05, 4.69) is 41.2 Å². The molecule has 0 aliphatic heterocycles. The van der Waals surface area contributed by atoms with Crippen molar-refractivity contribution in [3.8, 4) is 0 Å². The SMILES string of the molecule is Cc1ccc(SC(=S)SCc2ccc(N=[N+]=[N-])cc2)cc1. The molecule has 0 aliphatic rings. The first-order valence-corrected chi connectivity index (χ1v) is 8.44. The first-order valence-electron chi connectivity index (χ1n) is 6.23. The third-order valence-corrected chi connectivity index (χ3v) is 5.27. The van der Waals surface area contributed by atoms with E-state index in [4.69, 9.17) is 17.7 Å². The van der Waals surface area contributed by atoms with Gasteiger partial charge in [0.1, 0.15) is 3.53 Å². The van der Waals surface area contributed by atoms with E-state index in [0.29, 0.717) is 5.69 Å². The lowest BCUT2D eigenvalue weighted by Gasteiger charge is -2.04. The number of azide groups is 1. The highest BCUT2D eigenvalue weighted by molar-refractivity contribution is 8.46. The second-order valence-electron chi connectivity index (χ2n) is 4.31. The van der Waals surface area contributed by atoms with Crippen LogP contribution in [-0.4, -0.2) is 3.53 Å². The maximum absolute atomic E-state index is 8.36. The molecule has 0 aliphatic carbocycles. The van der Waals surface area contributed by atoms with Gasteiger partial charge in [0.25, 0.3) is 0 Å². The molecule has 106 valence electrons. The molecule has 2 aromatic carbocycles. The van der Waals surface area contributed by atoms with E-state index < -0.39 is 0 Å². The standard InChI is InChI=1S/C15H13N3S3/c1-11-2-8-14(9-3-11)21-15(19)20-10-12-4-6-13(7-5-12)17-18-16/h2-9H,10H2,1H3. The second kappa shape index (κ2) is 8.10. The number of nitrogens with zero attached hydrogens (tertiary/aromatic N) is 3. The fourth-order valence-electron chi connectivity index (χ4n) is 1.58. The van der Waals surface area contributed by atoms with Crippen LogP contribution in [0.2, 0.25) is 0 Å². The molecule has 0 heterocycles. The van der Waals surface area contributed by atoms with Crippen molar-refractivity contribution in [2.45, 2.75) is 17.6 Å². The van der Waals surface area contributed by atoms with Crippen molar-refractivity contribution in [3.63, 3.8) is 0 Å². The average molecular weight is 331 g/mol. The third kappa shape index (κ3) is 5.44. The van der Waals surface area contributed by atoms with Gasteiger partial charge in [-0.15, -0.1) is 11.8 Å². The summed E-state index contributed by atoms with van der Waals surface area (Å²) in [6.45, 7) is 2.07. The van der Waals surface area contributed by atoms with Gasteiger partial charge in [0, 0.05) is 21.2 Å². The maximum atomic E-state index is 8.36. The number of rotatable bonds is 4. The fourth-order valence-corrected chi connectivity index (χ4v) is 3.69. The lowest BCUT2D eigenvalue weighted by atomic mass is 10.2. The Bertz CT molecular complexity index is 660. The summed E-state index contributed by atoms with van der Waals surface area (Å²) in [4.78, 5) is 3.92. The van der Waals surface area contributed by atoms with E-state index in [9.17, 15) is 0 Å². The molecule has 0 spiro atoms. The second-order valence-corrected chi connectivity index (χ2v) is 7.56. The summed E-state index contributed by atoms with van der Waals surface area (Å²) in [6.07, 6.45) is 0. The number of hydrogen-bond acceptors (Lipinski definition) is 4. The quantitative estimate of drug-likeness (QED) is 0.219. The van der Waals surface area contributed by atoms with Crippen LogP contribution < -0.4 is 0 Å². The van der Waals surface area contributed by atoms with Gasteiger partial charge in [-0.05, 0) is 30.2 Å². The van der Waals surface area contributed by atoms with Crippen LogP contribution in [0.25, 0.3) is 10.4 Å². The minimum atomic E-state index is 0.628. The molecule has 0 fully saturated rings. The van der Waals surface area contributed by atoms with Crippen LogP contribution >= 0.6 is 35.7 Å². The number of aryl methyl sites for hydroxylation is 1. The zero-order chi connectivity index (χ0) is 15.1. The van der Waals surface area contributed by atoms with Crippen LogP contribution in [0.1, 0.15) is 11.1 Å². The topological polar surface area (TPSA) is 48.8 Å². The highest BCUT2D eigenvalue weighted by Crippen LogP contribution is 2.28. The number of thioether (sulfide) groups is 2. The summed E-state index contributed by atoms with van der Waals surface area (Å²) < 4.78 is 0.901. The van der Waals surface area contributed by atoms with Crippen LogP contribution in [0.3, 0.4) is 0 Å². The lowest BCUT2D eigenvalue weighted by Crippen LogP contribution is -1.85. The number of benzene rings is 2. The normalized spacial score (nSPS) is 9.95. The van der Waals surface area contributed by atoms with Gasteiger partial charge < -0.3 is 0 Å². The van der Waals surface area contributed by atoms with Gasteiger partial charge in [-0.1, -0.05) is 71.1 Å². The van der Waals surface area contributed by atoms with E-state index in [1.165, 1.54) is 5.56 Å². The van der Waals surface area contributed by atoms with E-state index in [-0.39, 0.29) is 0 Å². The maximum Gasteiger partial charge on any atom is 0.109 e. The van der Waals surface area contributed by atoms with E-state index >= 15 is 0 Å². The predicted octanol–water partition coefficient (Wildman–Crippen LogP) is 6.25.